The third-order valence-corrected chi connectivity index (χ3v) is 15.7. The molecule has 0 saturated heterocycles. The second-order valence-corrected chi connectivity index (χ2v) is 17.9. The van der Waals surface area contributed by atoms with Gasteiger partial charge in [0.15, 0.2) is 16.6 Å². The number of rotatable bonds is 12. The molecular weight excluding hydrogens is 312 g/mol. The van der Waals surface area contributed by atoms with Crippen LogP contribution in [0.15, 0.2) is 0 Å². The van der Waals surface area contributed by atoms with Crippen molar-refractivity contribution in [1.29, 1.82) is 0 Å². The van der Waals surface area contributed by atoms with Gasteiger partial charge in [0.2, 0.25) is 0 Å². The Morgan fingerprint density at radius 3 is 1.33 bits per heavy atom. The lowest BCUT2D eigenvalue weighted by Gasteiger charge is -2.37. The molecule has 0 N–H and O–H groups in total. The molecule has 0 amide bonds. The number of hydrogen-bond donors (Lipinski definition) is 0. The first-order valence-corrected chi connectivity index (χ1v) is 15.4. The molecular formula is C16H38O2SSi2. The van der Waals surface area contributed by atoms with Crippen LogP contribution in [0.3, 0.4) is 0 Å². The second kappa shape index (κ2) is 10.5. The zero-order chi connectivity index (χ0) is 16.5. The molecule has 0 radical (unpaired) electrons. The van der Waals surface area contributed by atoms with Gasteiger partial charge >= 0.3 is 0 Å². The van der Waals surface area contributed by atoms with E-state index in [0.29, 0.717) is 9.75 Å². The number of hydrogen-bond acceptors (Lipinski definition) is 3. The molecule has 2 nitrogen and oxygen atoms in total. The highest BCUT2D eigenvalue weighted by molar-refractivity contribution is 8.03. The van der Waals surface area contributed by atoms with Gasteiger partial charge in [-0.05, 0) is 39.0 Å². The third kappa shape index (κ3) is 7.68. The summed E-state index contributed by atoms with van der Waals surface area (Å²) < 4.78 is 11.9. The van der Waals surface area contributed by atoms with Crippen LogP contribution in [-0.4, -0.2) is 40.6 Å². The molecule has 5 heteroatoms. The van der Waals surface area contributed by atoms with Crippen molar-refractivity contribution in [2.45, 2.75) is 88.3 Å². The molecule has 0 aromatic carbocycles. The van der Waals surface area contributed by atoms with E-state index in [1.807, 2.05) is 14.2 Å². The van der Waals surface area contributed by atoms with E-state index >= 15 is 0 Å². The van der Waals surface area contributed by atoms with E-state index in [1.54, 1.807) is 0 Å². The Bertz CT molecular complexity index is 247. The fourth-order valence-corrected chi connectivity index (χ4v) is 10.3. The van der Waals surface area contributed by atoms with Crippen LogP contribution in [-0.2, 0) is 8.85 Å². The van der Waals surface area contributed by atoms with Crippen molar-refractivity contribution in [2.75, 3.05) is 14.2 Å². The summed E-state index contributed by atoms with van der Waals surface area (Å²) in [6.07, 6.45) is 7.77. The third-order valence-electron chi connectivity index (χ3n) is 4.57. The summed E-state index contributed by atoms with van der Waals surface area (Å²) in [5.74, 6) is 0. The highest BCUT2D eigenvalue weighted by Gasteiger charge is 2.40. The maximum atomic E-state index is 5.94. The van der Waals surface area contributed by atoms with Gasteiger partial charge in [-0.2, -0.15) is 11.8 Å². The van der Waals surface area contributed by atoms with Crippen molar-refractivity contribution >= 4 is 28.4 Å². The van der Waals surface area contributed by atoms with Crippen LogP contribution in [0.1, 0.15) is 52.4 Å². The van der Waals surface area contributed by atoms with Gasteiger partial charge in [-0.15, -0.1) is 0 Å². The monoisotopic (exact) mass is 350 g/mol. The van der Waals surface area contributed by atoms with Crippen LogP contribution >= 0.6 is 11.8 Å². The van der Waals surface area contributed by atoms with Crippen molar-refractivity contribution in [3.8, 4) is 0 Å². The topological polar surface area (TPSA) is 18.5 Å². The minimum absolute atomic E-state index is 0.686. The molecule has 0 aromatic rings. The van der Waals surface area contributed by atoms with E-state index in [1.165, 1.54) is 38.5 Å². The van der Waals surface area contributed by atoms with E-state index in [2.05, 4.69) is 51.8 Å². The van der Waals surface area contributed by atoms with Crippen molar-refractivity contribution in [1.82, 2.24) is 0 Å². The largest absolute Gasteiger partial charge is 0.419 e. The maximum absolute atomic E-state index is 5.94. The molecule has 2 atom stereocenters. The zero-order valence-electron chi connectivity index (χ0n) is 15.6. The van der Waals surface area contributed by atoms with Gasteiger partial charge in [0.1, 0.15) is 0 Å². The van der Waals surface area contributed by atoms with Crippen LogP contribution < -0.4 is 0 Å². The van der Waals surface area contributed by atoms with Gasteiger partial charge < -0.3 is 8.85 Å². The summed E-state index contributed by atoms with van der Waals surface area (Å²) in [5.41, 5.74) is 0. The Morgan fingerprint density at radius 2 is 1.10 bits per heavy atom. The average molecular weight is 351 g/mol. The summed E-state index contributed by atoms with van der Waals surface area (Å²) in [7, 11) is 0.601. The highest BCUT2D eigenvalue weighted by Crippen LogP contribution is 2.37. The minimum Gasteiger partial charge on any atom is -0.419 e. The fourth-order valence-electron chi connectivity index (χ4n) is 2.40. The van der Waals surface area contributed by atoms with E-state index in [0.717, 1.165) is 0 Å². The Labute approximate surface area is 140 Å². The quantitative estimate of drug-likeness (QED) is 0.426. The molecule has 0 aliphatic carbocycles. The normalized spacial score (nSPS) is 16.0. The van der Waals surface area contributed by atoms with Crippen LogP contribution in [0.4, 0.5) is 0 Å². The molecule has 0 spiro atoms. The molecule has 2 unspecified atom stereocenters. The van der Waals surface area contributed by atoms with E-state index in [-0.39, 0.29) is 0 Å². The molecule has 21 heavy (non-hydrogen) atoms. The first-order valence-electron chi connectivity index (χ1n) is 8.50. The number of unbranched alkanes of at least 4 members (excludes halogenated alkanes) is 2. The molecule has 0 bridgehead atoms. The molecule has 0 heterocycles. The smallest absolute Gasteiger partial charge is 0.198 e. The molecule has 0 fully saturated rings. The lowest BCUT2D eigenvalue weighted by Crippen LogP contribution is -2.48. The van der Waals surface area contributed by atoms with Gasteiger partial charge in [-0.1, -0.05) is 39.5 Å². The first kappa shape index (κ1) is 21.7. The van der Waals surface area contributed by atoms with Crippen LogP contribution in [0, 0.1) is 0 Å². The molecule has 0 aromatic heterocycles. The van der Waals surface area contributed by atoms with Gasteiger partial charge in [0.25, 0.3) is 0 Å². The Balaban J connectivity index is 5.01. The summed E-state index contributed by atoms with van der Waals surface area (Å²) in [6, 6.07) is 0. The summed E-state index contributed by atoms with van der Waals surface area (Å²) in [4.78, 5) is 1.37. The lowest BCUT2D eigenvalue weighted by atomic mass is 10.3. The van der Waals surface area contributed by atoms with Gasteiger partial charge in [0, 0.05) is 24.0 Å². The van der Waals surface area contributed by atoms with Gasteiger partial charge in [0.05, 0.1) is 0 Å². The molecule has 128 valence electrons. The molecule has 0 aliphatic rings. The lowest BCUT2D eigenvalue weighted by molar-refractivity contribution is 0.396. The number of thioether (sulfide) groups is 1. The average Bonchev–Trinajstić information content (AvgIpc) is 2.45. The molecule has 0 saturated carbocycles. The fraction of sp³-hybridized carbons (Fsp3) is 1.00. The molecule has 0 aliphatic heterocycles. The van der Waals surface area contributed by atoms with Crippen molar-refractivity contribution < 1.29 is 8.85 Å². The van der Waals surface area contributed by atoms with Crippen molar-refractivity contribution in [2.24, 2.45) is 0 Å². The predicted octanol–water partition coefficient (Wildman–Crippen LogP) is 5.62. The SMILES string of the molecule is CCCCC(SC(CCCC)[Si](C)(C)OC)[Si](C)(C)OC. The second-order valence-electron chi connectivity index (χ2n) is 7.01. The zero-order valence-corrected chi connectivity index (χ0v) is 18.4. The molecule has 0 rings (SSSR count). The standard InChI is InChI=1S/C16H38O2SSi2/c1-9-11-13-15(20(5,6)17-3)19-16(14-12-10-2)21(7,8)18-4/h15-16H,9-14H2,1-8H3. The van der Waals surface area contributed by atoms with Crippen molar-refractivity contribution in [3.63, 3.8) is 0 Å². The van der Waals surface area contributed by atoms with E-state index in [9.17, 15) is 0 Å². The highest BCUT2D eigenvalue weighted by atomic mass is 32.2. The first-order chi connectivity index (χ1) is 9.75. The van der Waals surface area contributed by atoms with Crippen LogP contribution in [0.25, 0.3) is 0 Å². The van der Waals surface area contributed by atoms with Crippen molar-refractivity contribution in [3.05, 3.63) is 0 Å². The van der Waals surface area contributed by atoms with Crippen LogP contribution in [0.2, 0.25) is 26.2 Å². The summed E-state index contributed by atoms with van der Waals surface area (Å²) >= 11 is 2.21. The van der Waals surface area contributed by atoms with Gasteiger partial charge in [-0.25, -0.2) is 0 Å². The Kier molecular flexibility index (Phi) is 10.8. The summed E-state index contributed by atoms with van der Waals surface area (Å²) in [5, 5.41) is 0. The van der Waals surface area contributed by atoms with E-state index in [4.69, 9.17) is 8.85 Å². The Hall–Kier alpha value is 0.704. The predicted molar refractivity (Wildman–Crippen MR) is 103 cm³/mol. The summed E-state index contributed by atoms with van der Waals surface area (Å²) in [6.45, 7) is 14.1. The van der Waals surface area contributed by atoms with E-state index < -0.39 is 16.6 Å². The minimum atomic E-state index is -1.61. The van der Waals surface area contributed by atoms with Crippen LogP contribution in [0.5, 0.6) is 0 Å². The van der Waals surface area contributed by atoms with Gasteiger partial charge in [-0.3, -0.25) is 0 Å². The Morgan fingerprint density at radius 1 is 0.762 bits per heavy atom. The maximum Gasteiger partial charge on any atom is 0.198 e.